The summed E-state index contributed by atoms with van der Waals surface area (Å²) in [5, 5.41) is 3.58. The number of hydrogen-bond donors (Lipinski definition) is 1. The van der Waals surface area contributed by atoms with Gasteiger partial charge in [0.05, 0.1) is 5.60 Å². The molecule has 1 saturated heterocycles. The van der Waals surface area contributed by atoms with Gasteiger partial charge in [0.1, 0.15) is 0 Å². The molecule has 2 aliphatic rings. The molecule has 1 saturated carbocycles. The number of hydrogen-bond acceptors (Lipinski definition) is 2. The van der Waals surface area contributed by atoms with Gasteiger partial charge >= 0.3 is 0 Å². The number of aryl methyl sites for hydroxylation is 1. The van der Waals surface area contributed by atoms with Crippen LogP contribution in [-0.4, -0.2) is 19.3 Å². The summed E-state index contributed by atoms with van der Waals surface area (Å²) < 4.78 is 6.26. The molecule has 21 heavy (non-hydrogen) atoms. The summed E-state index contributed by atoms with van der Waals surface area (Å²) in [4.78, 5) is 0. The highest BCUT2D eigenvalue weighted by Gasteiger charge is 2.40. The minimum atomic E-state index is 0.195. The van der Waals surface area contributed by atoms with Crippen LogP contribution in [0, 0.1) is 12.8 Å². The molecule has 1 aliphatic carbocycles. The van der Waals surface area contributed by atoms with E-state index in [9.17, 15) is 0 Å². The molecule has 2 atom stereocenters. The Labute approximate surface area is 129 Å². The lowest BCUT2D eigenvalue weighted by Gasteiger charge is -2.45. The highest BCUT2D eigenvalue weighted by atomic mass is 16.5. The highest BCUT2D eigenvalue weighted by molar-refractivity contribution is 5.26. The van der Waals surface area contributed by atoms with Crippen LogP contribution in [0.15, 0.2) is 24.3 Å². The molecule has 2 heteroatoms. The van der Waals surface area contributed by atoms with Gasteiger partial charge in [-0.2, -0.15) is 0 Å². The predicted molar refractivity (Wildman–Crippen MR) is 87.5 cm³/mol. The average molecular weight is 287 g/mol. The molecule has 1 heterocycles. The predicted octanol–water partition coefficient (Wildman–Crippen LogP) is 4.39. The number of nitrogens with one attached hydrogen (secondary N) is 1. The monoisotopic (exact) mass is 287 g/mol. The van der Waals surface area contributed by atoms with E-state index in [4.69, 9.17) is 4.74 Å². The van der Waals surface area contributed by atoms with E-state index in [2.05, 4.69) is 43.6 Å². The molecular formula is C19H29NO. The molecular weight excluding hydrogens is 258 g/mol. The summed E-state index contributed by atoms with van der Waals surface area (Å²) in [7, 11) is 2.11. The quantitative estimate of drug-likeness (QED) is 0.890. The molecule has 3 rings (SSSR count). The van der Waals surface area contributed by atoms with Gasteiger partial charge in [-0.3, -0.25) is 0 Å². The molecule has 2 fully saturated rings. The van der Waals surface area contributed by atoms with Crippen molar-refractivity contribution in [3.63, 3.8) is 0 Å². The van der Waals surface area contributed by atoms with Gasteiger partial charge in [-0.05, 0) is 51.1 Å². The van der Waals surface area contributed by atoms with Crippen LogP contribution in [0.4, 0.5) is 0 Å². The lowest BCUT2D eigenvalue weighted by Crippen LogP contribution is -2.44. The van der Waals surface area contributed by atoms with Gasteiger partial charge in [0.2, 0.25) is 0 Å². The molecule has 1 aromatic rings. The Bertz CT molecular complexity index is 459. The van der Waals surface area contributed by atoms with E-state index in [-0.39, 0.29) is 5.60 Å². The Kier molecular flexibility index (Phi) is 4.66. The summed E-state index contributed by atoms with van der Waals surface area (Å²) in [5.41, 5.74) is 2.99. The highest BCUT2D eigenvalue weighted by Crippen LogP contribution is 2.44. The normalized spacial score (nSPS) is 26.7. The maximum absolute atomic E-state index is 6.26. The van der Waals surface area contributed by atoms with E-state index in [0.717, 1.165) is 6.61 Å². The molecule has 0 bridgehead atoms. The Balaban J connectivity index is 1.77. The van der Waals surface area contributed by atoms with Gasteiger partial charge in [-0.1, -0.05) is 49.1 Å². The molecule has 2 unspecified atom stereocenters. The van der Waals surface area contributed by atoms with Crippen LogP contribution in [-0.2, 0) is 4.74 Å². The summed E-state index contributed by atoms with van der Waals surface area (Å²) in [6, 6.07) is 9.45. The summed E-state index contributed by atoms with van der Waals surface area (Å²) in [6.45, 7) is 3.12. The fourth-order valence-electron chi connectivity index (χ4n) is 4.43. The molecule has 2 nitrogen and oxygen atoms in total. The van der Waals surface area contributed by atoms with Gasteiger partial charge in [0, 0.05) is 12.6 Å². The third-order valence-corrected chi connectivity index (χ3v) is 5.48. The zero-order chi connectivity index (χ0) is 14.7. The van der Waals surface area contributed by atoms with Crippen LogP contribution in [0.1, 0.15) is 62.1 Å². The minimum absolute atomic E-state index is 0.195. The van der Waals surface area contributed by atoms with Crippen molar-refractivity contribution in [1.82, 2.24) is 5.32 Å². The number of ether oxygens (including phenoxy) is 1. The van der Waals surface area contributed by atoms with Crippen LogP contribution < -0.4 is 5.32 Å². The molecule has 1 N–H and O–H groups in total. The smallest absolute Gasteiger partial charge is 0.0686 e. The van der Waals surface area contributed by atoms with Crippen LogP contribution >= 0.6 is 0 Å². The van der Waals surface area contributed by atoms with Crippen LogP contribution in [0.25, 0.3) is 0 Å². The second-order valence-electron chi connectivity index (χ2n) is 7.03. The third kappa shape index (κ3) is 3.32. The Morgan fingerprint density at radius 3 is 2.76 bits per heavy atom. The largest absolute Gasteiger partial charge is 0.375 e. The van der Waals surface area contributed by atoms with E-state index in [1.165, 1.54) is 56.1 Å². The molecule has 1 spiro atoms. The van der Waals surface area contributed by atoms with Crippen molar-refractivity contribution in [3.8, 4) is 0 Å². The standard InChI is InChI=1S/C19H29NO/c1-15-7-6-8-16(13-15)18(20-2)17-9-12-21-19(14-17)10-4-3-5-11-19/h6-8,13,17-18,20H,3-5,9-12,14H2,1-2H3. The first-order chi connectivity index (χ1) is 10.2. The van der Waals surface area contributed by atoms with Crippen molar-refractivity contribution < 1.29 is 4.74 Å². The molecule has 116 valence electrons. The Morgan fingerprint density at radius 2 is 2.05 bits per heavy atom. The van der Waals surface area contributed by atoms with Crippen LogP contribution in [0.3, 0.4) is 0 Å². The van der Waals surface area contributed by atoms with E-state index >= 15 is 0 Å². The minimum Gasteiger partial charge on any atom is -0.375 e. The zero-order valence-corrected chi connectivity index (χ0v) is 13.5. The van der Waals surface area contributed by atoms with Gasteiger partial charge in [-0.25, -0.2) is 0 Å². The van der Waals surface area contributed by atoms with Crippen LogP contribution in [0.5, 0.6) is 0 Å². The summed E-state index contributed by atoms with van der Waals surface area (Å²) in [5.74, 6) is 0.698. The lowest BCUT2D eigenvalue weighted by atomic mass is 9.73. The maximum Gasteiger partial charge on any atom is 0.0686 e. The van der Waals surface area contributed by atoms with Gasteiger partial charge in [-0.15, -0.1) is 0 Å². The van der Waals surface area contributed by atoms with E-state index in [1.54, 1.807) is 0 Å². The van der Waals surface area contributed by atoms with E-state index < -0.39 is 0 Å². The maximum atomic E-state index is 6.26. The van der Waals surface area contributed by atoms with Crippen LogP contribution in [0.2, 0.25) is 0 Å². The fraction of sp³-hybridized carbons (Fsp3) is 0.684. The average Bonchev–Trinajstić information content (AvgIpc) is 2.49. The second-order valence-corrected chi connectivity index (χ2v) is 7.03. The first-order valence-corrected chi connectivity index (χ1v) is 8.60. The fourth-order valence-corrected chi connectivity index (χ4v) is 4.43. The lowest BCUT2D eigenvalue weighted by molar-refractivity contribution is -0.121. The second kappa shape index (κ2) is 6.50. The number of rotatable bonds is 3. The van der Waals surface area contributed by atoms with E-state index in [1.807, 2.05) is 0 Å². The first kappa shape index (κ1) is 15.1. The summed E-state index contributed by atoms with van der Waals surface area (Å²) >= 11 is 0. The molecule has 0 aromatic heterocycles. The van der Waals surface area contributed by atoms with Crippen molar-refractivity contribution in [2.75, 3.05) is 13.7 Å². The Morgan fingerprint density at radius 1 is 1.24 bits per heavy atom. The third-order valence-electron chi connectivity index (χ3n) is 5.48. The van der Waals surface area contributed by atoms with Gasteiger partial charge in [0.15, 0.2) is 0 Å². The molecule has 1 aliphatic heterocycles. The van der Waals surface area contributed by atoms with E-state index in [0.29, 0.717) is 12.0 Å². The first-order valence-electron chi connectivity index (χ1n) is 8.60. The van der Waals surface area contributed by atoms with Crippen molar-refractivity contribution in [1.29, 1.82) is 0 Å². The van der Waals surface area contributed by atoms with Crippen molar-refractivity contribution >= 4 is 0 Å². The molecule has 1 aromatic carbocycles. The molecule has 0 amide bonds. The van der Waals surface area contributed by atoms with Crippen molar-refractivity contribution in [3.05, 3.63) is 35.4 Å². The topological polar surface area (TPSA) is 21.3 Å². The van der Waals surface area contributed by atoms with Crippen molar-refractivity contribution in [2.24, 2.45) is 5.92 Å². The zero-order valence-electron chi connectivity index (χ0n) is 13.5. The summed E-state index contributed by atoms with van der Waals surface area (Å²) in [6.07, 6.45) is 9.04. The van der Waals surface area contributed by atoms with Gasteiger partial charge < -0.3 is 10.1 Å². The Hall–Kier alpha value is -0.860. The van der Waals surface area contributed by atoms with Crippen molar-refractivity contribution in [2.45, 2.75) is 63.5 Å². The van der Waals surface area contributed by atoms with Gasteiger partial charge in [0.25, 0.3) is 0 Å². The number of benzene rings is 1. The SMILES string of the molecule is CNC(c1cccc(C)c1)C1CCOC2(CCCCC2)C1. The molecule has 0 radical (unpaired) electrons.